The van der Waals surface area contributed by atoms with Crippen LogP contribution in [0.2, 0.25) is 0 Å². The Morgan fingerprint density at radius 2 is 1.97 bits per heavy atom. The fourth-order valence-electron chi connectivity index (χ4n) is 2.58. The minimum absolute atomic E-state index is 0.260. The number of nitrogens with one attached hydrogen (secondary N) is 1. The highest BCUT2D eigenvalue weighted by atomic mass is 16.4. The summed E-state index contributed by atoms with van der Waals surface area (Å²) in [6.07, 6.45) is 7.36. The first-order valence-corrected chi connectivity index (χ1v) is 8.93. The monoisotopic (exact) mass is 391 g/mol. The maximum atomic E-state index is 12.6. The number of hydrogen-bond donors (Lipinski definition) is 2. The van der Waals surface area contributed by atoms with Crippen LogP contribution in [0.15, 0.2) is 55.0 Å². The van der Waals surface area contributed by atoms with Gasteiger partial charge in [0.15, 0.2) is 5.69 Å². The largest absolute Gasteiger partial charge is 0.478 e. The molecule has 8 nitrogen and oxygen atoms in total. The van der Waals surface area contributed by atoms with Crippen LogP contribution in [0.25, 0.3) is 23.2 Å². The second-order valence-corrected chi connectivity index (χ2v) is 7.39. The normalized spacial score (nSPS) is 11.6. The number of carbonyl (C=O) groups excluding carboxylic acids is 1. The van der Waals surface area contributed by atoms with Crippen LogP contribution < -0.4 is 5.32 Å². The minimum atomic E-state index is -1.03. The summed E-state index contributed by atoms with van der Waals surface area (Å²) >= 11 is 0. The van der Waals surface area contributed by atoms with Gasteiger partial charge >= 0.3 is 5.97 Å². The van der Waals surface area contributed by atoms with Gasteiger partial charge in [-0.2, -0.15) is 5.10 Å². The molecule has 0 saturated carbocycles. The molecule has 0 aromatic carbocycles. The van der Waals surface area contributed by atoms with Crippen LogP contribution in [0.5, 0.6) is 0 Å². The van der Waals surface area contributed by atoms with Crippen molar-refractivity contribution in [2.75, 3.05) is 0 Å². The molecule has 0 fully saturated rings. The Morgan fingerprint density at radius 1 is 1.17 bits per heavy atom. The Labute approximate surface area is 167 Å². The topological polar surface area (TPSA) is 110 Å². The number of rotatable bonds is 5. The lowest BCUT2D eigenvalue weighted by molar-refractivity contribution is -0.131. The summed E-state index contributed by atoms with van der Waals surface area (Å²) in [4.78, 5) is 31.8. The van der Waals surface area contributed by atoms with Crippen molar-refractivity contribution < 1.29 is 14.7 Å². The van der Waals surface area contributed by atoms with Crippen LogP contribution in [0.3, 0.4) is 0 Å². The third-order valence-corrected chi connectivity index (χ3v) is 3.79. The van der Waals surface area contributed by atoms with E-state index in [1.807, 2.05) is 26.8 Å². The van der Waals surface area contributed by atoms with Crippen molar-refractivity contribution in [1.82, 2.24) is 25.1 Å². The van der Waals surface area contributed by atoms with Gasteiger partial charge in [-0.25, -0.2) is 9.48 Å². The Hall–Kier alpha value is -3.81. The molecule has 148 valence electrons. The quantitative estimate of drug-likeness (QED) is 0.647. The molecule has 29 heavy (non-hydrogen) atoms. The Morgan fingerprint density at radius 3 is 2.55 bits per heavy atom. The van der Waals surface area contributed by atoms with Gasteiger partial charge in [-0.1, -0.05) is 6.07 Å². The summed E-state index contributed by atoms with van der Waals surface area (Å²) in [7, 11) is 0. The van der Waals surface area contributed by atoms with E-state index in [4.69, 9.17) is 5.11 Å². The summed E-state index contributed by atoms with van der Waals surface area (Å²) in [6, 6.07) is 8.78. The lowest BCUT2D eigenvalue weighted by atomic mass is 10.1. The maximum absolute atomic E-state index is 12.6. The van der Waals surface area contributed by atoms with E-state index in [-0.39, 0.29) is 11.6 Å². The molecule has 8 heteroatoms. The number of amides is 1. The van der Waals surface area contributed by atoms with Gasteiger partial charge in [-0.05, 0) is 56.7 Å². The van der Waals surface area contributed by atoms with E-state index in [0.717, 1.165) is 6.08 Å². The molecular formula is C21H21N5O3. The summed E-state index contributed by atoms with van der Waals surface area (Å²) in [5.41, 5.74) is 2.40. The van der Waals surface area contributed by atoms with Crippen molar-refractivity contribution in [2.45, 2.75) is 26.3 Å². The Balaban J connectivity index is 2.02. The minimum Gasteiger partial charge on any atom is -0.478 e. The summed E-state index contributed by atoms with van der Waals surface area (Å²) in [6.45, 7) is 5.69. The SMILES string of the molecule is CC(C)(C)NC(=O)c1cc(-c2ccc(C=CC(=O)O)cn2)n(-c2cccnc2)n1. The number of aliphatic carboxylic acids is 1. The van der Waals surface area contributed by atoms with Crippen LogP contribution in [0.1, 0.15) is 36.8 Å². The fraction of sp³-hybridized carbons (Fsp3) is 0.190. The van der Waals surface area contributed by atoms with E-state index in [9.17, 15) is 9.59 Å². The lowest BCUT2D eigenvalue weighted by Gasteiger charge is -2.19. The molecule has 0 atom stereocenters. The predicted molar refractivity (Wildman–Crippen MR) is 108 cm³/mol. The molecule has 0 aliphatic carbocycles. The molecule has 3 aromatic heterocycles. The Kier molecular flexibility index (Phi) is 5.54. The molecule has 0 spiro atoms. The summed E-state index contributed by atoms with van der Waals surface area (Å²) < 4.78 is 1.61. The van der Waals surface area contributed by atoms with Crippen molar-refractivity contribution >= 4 is 18.0 Å². The van der Waals surface area contributed by atoms with Crippen LogP contribution in [-0.4, -0.2) is 42.3 Å². The molecule has 2 N–H and O–H groups in total. The highest BCUT2D eigenvalue weighted by Gasteiger charge is 2.21. The number of aromatic nitrogens is 4. The van der Waals surface area contributed by atoms with E-state index >= 15 is 0 Å². The van der Waals surface area contributed by atoms with Gasteiger partial charge in [-0.15, -0.1) is 0 Å². The van der Waals surface area contributed by atoms with Gasteiger partial charge in [0.2, 0.25) is 0 Å². The molecule has 3 heterocycles. The van der Waals surface area contributed by atoms with Crippen molar-refractivity contribution in [1.29, 1.82) is 0 Å². The van der Waals surface area contributed by atoms with Gasteiger partial charge in [-0.3, -0.25) is 14.8 Å². The number of carboxylic acids is 1. The van der Waals surface area contributed by atoms with Gasteiger partial charge in [0.1, 0.15) is 0 Å². The average Bonchev–Trinajstić information content (AvgIpc) is 3.12. The van der Waals surface area contributed by atoms with Gasteiger partial charge in [0.25, 0.3) is 5.91 Å². The van der Waals surface area contributed by atoms with Crippen molar-refractivity contribution in [2.24, 2.45) is 0 Å². The van der Waals surface area contributed by atoms with E-state index in [1.54, 1.807) is 47.5 Å². The summed E-state index contributed by atoms with van der Waals surface area (Å²) in [5, 5.41) is 16.1. The molecule has 0 aliphatic heterocycles. The van der Waals surface area contributed by atoms with E-state index in [2.05, 4.69) is 20.4 Å². The maximum Gasteiger partial charge on any atom is 0.328 e. The number of carboxylic acid groups (broad SMARTS) is 1. The highest BCUT2D eigenvalue weighted by molar-refractivity contribution is 5.94. The molecular weight excluding hydrogens is 370 g/mol. The van der Waals surface area contributed by atoms with Crippen molar-refractivity contribution in [3.8, 4) is 17.1 Å². The first-order chi connectivity index (χ1) is 13.7. The lowest BCUT2D eigenvalue weighted by Crippen LogP contribution is -2.40. The number of hydrogen-bond acceptors (Lipinski definition) is 5. The van der Waals surface area contributed by atoms with Crippen molar-refractivity contribution in [3.63, 3.8) is 0 Å². The standard InChI is InChI=1S/C21H21N5O3/c1-21(2,3)24-20(29)17-11-18(26(25-17)15-5-4-10-22-13-15)16-8-6-14(12-23-16)7-9-19(27)28/h4-13H,1-3H3,(H,24,29)(H,27,28). The first kappa shape index (κ1) is 19.9. The zero-order chi connectivity index (χ0) is 21.0. The van der Waals surface area contributed by atoms with E-state index < -0.39 is 11.5 Å². The van der Waals surface area contributed by atoms with E-state index in [1.165, 1.54) is 6.08 Å². The number of pyridine rings is 2. The zero-order valence-electron chi connectivity index (χ0n) is 16.3. The second kappa shape index (κ2) is 8.05. The molecule has 1 amide bonds. The third-order valence-electron chi connectivity index (χ3n) is 3.79. The van der Waals surface area contributed by atoms with Crippen LogP contribution in [0.4, 0.5) is 0 Å². The smallest absolute Gasteiger partial charge is 0.328 e. The molecule has 0 saturated heterocycles. The van der Waals surface area contributed by atoms with Gasteiger partial charge in [0, 0.05) is 24.0 Å². The molecule has 0 bridgehead atoms. The molecule has 3 rings (SSSR count). The van der Waals surface area contributed by atoms with Crippen molar-refractivity contribution in [3.05, 3.63) is 66.3 Å². The van der Waals surface area contributed by atoms with E-state index in [0.29, 0.717) is 22.6 Å². The zero-order valence-corrected chi connectivity index (χ0v) is 16.3. The average molecular weight is 391 g/mol. The molecule has 0 unspecified atom stereocenters. The highest BCUT2D eigenvalue weighted by Crippen LogP contribution is 2.23. The van der Waals surface area contributed by atoms with Gasteiger partial charge in [0.05, 0.1) is 23.3 Å². The first-order valence-electron chi connectivity index (χ1n) is 8.93. The summed E-state index contributed by atoms with van der Waals surface area (Å²) in [5.74, 6) is -1.32. The number of carbonyl (C=O) groups is 2. The molecule has 0 radical (unpaired) electrons. The molecule has 0 aliphatic rings. The van der Waals surface area contributed by atoms with Crippen LogP contribution in [-0.2, 0) is 4.79 Å². The molecule has 3 aromatic rings. The van der Waals surface area contributed by atoms with Crippen LogP contribution >= 0.6 is 0 Å². The predicted octanol–water partition coefficient (Wildman–Crippen LogP) is 2.96. The fourth-order valence-corrected chi connectivity index (χ4v) is 2.58. The van der Waals surface area contributed by atoms with Crippen LogP contribution in [0, 0.1) is 0 Å². The Bertz CT molecular complexity index is 1050. The third kappa shape index (κ3) is 5.13. The number of nitrogens with zero attached hydrogens (tertiary/aromatic N) is 4. The second-order valence-electron chi connectivity index (χ2n) is 7.39. The van der Waals surface area contributed by atoms with Gasteiger partial charge < -0.3 is 10.4 Å².